The molecule has 0 bridgehead atoms. The number of rotatable bonds is 6. The molecule has 142 valence electrons. The number of benzene rings is 2. The van der Waals surface area contributed by atoms with Crippen LogP contribution in [0, 0.1) is 0 Å². The molecule has 0 aliphatic carbocycles. The summed E-state index contributed by atoms with van der Waals surface area (Å²) in [6.45, 7) is 0.484. The van der Waals surface area contributed by atoms with Gasteiger partial charge in [-0.25, -0.2) is 8.42 Å². The molecule has 0 spiro atoms. The predicted octanol–water partition coefficient (Wildman–Crippen LogP) is 2.74. The zero-order valence-corrected chi connectivity index (χ0v) is 15.6. The second-order valence-electron chi connectivity index (χ2n) is 6.66. The third kappa shape index (κ3) is 4.54. The third-order valence-electron chi connectivity index (χ3n) is 4.69. The minimum Gasteiger partial charge on any atom is -0.481 e. The molecule has 2 aromatic rings. The summed E-state index contributed by atoms with van der Waals surface area (Å²) in [7, 11) is -3.59. The first kappa shape index (κ1) is 19.1. The Balaban J connectivity index is 1.82. The fourth-order valence-electron chi connectivity index (χ4n) is 3.38. The third-order valence-corrected chi connectivity index (χ3v) is 6.37. The van der Waals surface area contributed by atoms with Crippen LogP contribution in [-0.4, -0.2) is 42.9 Å². The summed E-state index contributed by atoms with van der Waals surface area (Å²) in [5.74, 6) is -1.41. The summed E-state index contributed by atoms with van der Waals surface area (Å²) in [4.78, 5) is 25.4. The van der Waals surface area contributed by atoms with Crippen LogP contribution in [0.25, 0.3) is 0 Å². The largest absolute Gasteiger partial charge is 0.481 e. The summed E-state index contributed by atoms with van der Waals surface area (Å²) in [6.07, 6.45) is 1.29. The second-order valence-corrected chi connectivity index (χ2v) is 8.65. The lowest BCUT2D eigenvalue weighted by Crippen LogP contribution is -2.36. The van der Waals surface area contributed by atoms with E-state index in [0.29, 0.717) is 18.5 Å². The van der Waals surface area contributed by atoms with Gasteiger partial charge < -0.3 is 10.0 Å². The number of carboxylic acids is 1. The first-order valence-electron chi connectivity index (χ1n) is 8.76. The molecule has 1 atom stereocenters. The lowest BCUT2D eigenvalue weighted by atomic mass is 10.1. The van der Waals surface area contributed by atoms with Crippen molar-refractivity contribution >= 4 is 21.7 Å². The van der Waals surface area contributed by atoms with Crippen molar-refractivity contribution in [3.05, 3.63) is 65.7 Å². The molecule has 1 fully saturated rings. The number of sulfone groups is 1. The molecule has 1 aliphatic rings. The van der Waals surface area contributed by atoms with Crippen molar-refractivity contribution in [2.45, 2.75) is 36.0 Å². The van der Waals surface area contributed by atoms with Gasteiger partial charge in [-0.3, -0.25) is 9.59 Å². The van der Waals surface area contributed by atoms with Gasteiger partial charge in [0.25, 0.3) is 5.91 Å². The van der Waals surface area contributed by atoms with Crippen molar-refractivity contribution in [1.82, 2.24) is 4.90 Å². The molecule has 0 aromatic heterocycles. The van der Waals surface area contributed by atoms with Crippen LogP contribution in [0.15, 0.2) is 59.5 Å². The zero-order chi connectivity index (χ0) is 19.4. The molecule has 1 amide bonds. The molecular formula is C20H21NO5S. The van der Waals surface area contributed by atoms with E-state index in [2.05, 4.69) is 0 Å². The molecule has 3 rings (SSSR count). The monoisotopic (exact) mass is 387 g/mol. The Labute approximate surface area is 158 Å². The van der Waals surface area contributed by atoms with Crippen molar-refractivity contribution < 1.29 is 23.1 Å². The van der Waals surface area contributed by atoms with E-state index >= 15 is 0 Å². The highest BCUT2D eigenvalue weighted by Crippen LogP contribution is 2.24. The number of nitrogens with zero attached hydrogens (tertiary/aromatic N) is 1. The highest BCUT2D eigenvalue weighted by Gasteiger charge is 2.31. The first-order chi connectivity index (χ1) is 12.9. The van der Waals surface area contributed by atoms with Gasteiger partial charge >= 0.3 is 5.97 Å². The lowest BCUT2D eigenvalue weighted by Gasteiger charge is -2.23. The summed E-state index contributed by atoms with van der Waals surface area (Å²) in [6, 6.07) is 14.5. The standard InChI is InChI=1S/C20H21NO5S/c22-19(23)13-17-9-5-11-21(17)20(24)16-8-4-10-18(12-16)27(25,26)14-15-6-2-1-3-7-15/h1-4,6-8,10,12,17H,5,9,11,13-14H2,(H,22,23). The van der Waals surface area contributed by atoms with Crippen LogP contribution >= 0.6 is 0 Å². The SMILES string of the molecule is O=C(O)CC1CCCN1C(=O)c1cccc(S(=O)(=O)Cc2ccccc2)c1. The molecule has 2 aromatic carbocycles. The molecular weight excluding hydrogens is 366 g/mol. The summed E-state index contributed by atoms with van der Waals surface area (Å²) >= 11 is 0. The Hall–Kier alpha value is -2.67. The van der Waals surface area contributed by atoms with E-state index in [1.165, 1.54) is 17.0 Å². The van der Waals surface area contributed by atoms with E-state index in [-0.39, 0.29) is 34.6 Å². The maximum atomic E-state index is 12.8. The van der Waals surface area contributed by atoms with E-state index in [0.717, 1.165) is 6.42 Å². The van der Waals surface area contributed by atoms with E-state index in [1.54, 1.807) is 36.4 Å². The van der Waals surface area contributed by atoms with Gasteiger partial charge in [0.05, 0.1) is 17.1 Å². The van der Waals surface area contributed by atoms with Gasteiger partial charge in [0.2, 0.25) is 0 Å². The molecule has 0 radical (unpaired) electrons. The van der Waals surface area contributed by atoms with Crippen LogP contribution in [-0.2, 0) is 20.4 Å². The highest BCUT2D eigenvalue weighted by atomic mass is 32.2. The number of carbonyl (C=O) groups is 2. The summed E-state index contributed by atoms with van der Waals surface area (Å²) in [5.41, 5.74) is 0.941. The number of carbonyl (C=O) groups excluding carboxylic acids is 1. The molecule has 0 saturated carbocycles. The number of likely N-dealkylation sites (tertiary alicyclic amines) is 1. The average Bonchev–Trinajstić information content (AvgIpc) is 3.09. The van der Waals surface area contributed by atoms with Gasteiger partial charge in [-0.2, -0.15) is 0 Å². The van der Waals surface area contributed by atoms with Gasteiger partial charge in [-0.1, -0.05) is 36.4 Å². The van der Waals surface area contributed by atoms with Crippen LogP contribution in [0.2, 0.25) is 0 Å². The van der Waals surface area contributed by atoms with Crippen molar-refractivity contribution in [3.63, 3.8) is 0 Å². The Kier molecular flexibility index (Phi) is 5.60. The van der Waals surface area contributed by atoms with Crippen LogP contribution in [0.4, 0.5) is 0 Å². The van der Waals surface area contributed by atoms with Gasteiger partial charge in [-0.05, 0) is 36.6 Å². The summed E-state index contributed by atoms with van der Waals surface area (Å²) in [5, 5.41) is 9.02. The normalized spacial score (nSPS) is 17.0. The fourth-order valence-corrected chi connectivity index (χ4v) is 4.77. The van der Waals surface area contributed by atoms with Crippen molar-refractivity contribution in [3.8, 4) is 0 Å². The molecule has 7 heteroatoms. The Morgan fingerprint density at radius 2 is 1.81 bits per heavy atom. The second kappa shape index (κ2) is 7.92. The highest BCUT2D eigenvalue weighted by molar-refractivity contribution is 7.90. The lowest BCUT2D eigenvalue weighted by molar-refractivity contribution is -0.137. The molecule has 27 heavy (non-hydrogen) atoms. The Morgan fingerprint density at radius 3 is 2.52 bits per heavy atom. The van der Waals surface area contributed by atoms with Gasteiger partial charge in [0.1, 0.15) is 0 Å². The minimum atomic E-state index is -3.59. The summed E-state index contributed by atoms with van der Waals surface area (Å²) < 4.78 is 25.4. The fraction of sp³-hybridized carbons (Fsp3) is 0.300. The first-order valence-corrected chi connectivity index (χ1v) is 10.4. The Morgan fingerprint density at radius 1 is 1.07 bits per heavy atom. The van der Waals surface area contributed by atoms with Gasteiger partial charge in [-0.15, -0.1) is 0 Å². The maximum Gasteiger partial charge on any atom is 0.305 e. The number of hydrogen-bond donors (Lipinski definition) is 1. The van der Waals surface area contributed by atoms with Crippen LogP contribution in [0.1, 0.15) is 35.2 Å². The number of carboxylic acid groups (broad SMARTS) is 1. The molecule has 6 nitrogen and oxygen atoms in total. The molecule has 1 heterocycles. The van der Waals surface area contributed by atoms with Crippen LogP contribution in [0.5, 0.6) is 0 Å². The van der Waals surface area contributed by atoms with Crippen molar-refractivity contribution in [2.75, 3.05) is 6.54 Å². The van der Waals surface area contributed by atoms with Crippen molar-refractivity contribution in [2.24, 2.45) is 0 Å². The van der Waals surface area contributed by atoms with Crippen LogP contribution < -0.4 is 0 Å². The molecule has 1 saturated heterocycles. The zero-order valence-electron chi connectivity index (χ0n) is 14.7. The van der Waals surface area contributed by atoms with E-state index in [1.807, 2.05) is 6.07 Å². The van der Waals surface area contributed by atoms with E-state index < -0.39 is 15.8 Å². The number of amides is 1. The predicted molar refractivity (Wildman–Crippen MR) is 100 cm³/mol. The van der Waals surface area contributed by atoms with Crippen molar-refractivity contribution in [1.29, 1.82) is 0 Å². The topological polar surface area (TPSA) is 91.8 Å². The quantitative estimate of drug-likeness (QED) is 0.823. The van der Waals surface area contributed by atoms with E-state index in [4.69, 9.17) is 5.11 Å². The number of aliphatic carboxylic acids is 1. The average molecular weight is 387 g/mol. The minimum absolute atomic E-state index is 0.0891. The molecule has 1 N–H and O–H groups in total. The van der Waals surface area contributed by atoms with Gasteiger partial charge in [0.15, 0.2) is 9.84 Å². The smallest absolute Gasteiger partial charge is 0.305 e. The van der Waals surface area contributed by atoms with Gasteiger partial charge in [0, 0.05) is 18.2 Å². The van der Waals surface area contributed by atoms with E-state index in [9.17, 15) is 18.0 Å². The number of hydrogen-bond acceptors (Lipinski definition) is 4. The van der Waals surface area contributed by atoms with Crippen LogP contribution in [0.3, 0.4) is 0 Å². The Bertz CT molecular complexity index is 940. The maximum absolute atomic E-state index is 12.8. The molecule has 1 unspecified atom stereocenters. The molecule has 1 aliphatic heterocycles.